The maximum Gasteiger partial charge on any atom is 0.266 e. The Morgan fingerprint density at radius 3 is 2.61 bits per heavy atom. The minimum atomic E-state index is -0.188. The van der Waals surface area contributed by atoms with Crippen LogP contribution >= 0.6 is 11.8 Å². The van der Waals surface area contributed by atoms with E-state index in [1.807, 2.05) is 55.5 Å². The summed E-state index contributed by atoms with van der Waals surface area (Å²) < 4.78 is 9.33. The first-order valence-corrected chi connectivity index (χ1v) is 12.0. The molecule has 0 bridgehead atoms. The number of aromatic nitrogens is 3. The number of hydrogen-bond donors (Lipinski definition) is 0. The van der Waals surface area contributed by atoms with Crippen LogP contribution in [0.2, 0.25) is 0 Å². The monoisotopic (exact) mass is 459 g/mol. The molecule has 2 heterocycles. The van der Waals surface area contributed by atoms with E-state index < -0.39 is 0 Å². The molecule has 168 valence electrons. The fourth-order valence-electron chi connectivity index (χ4n) is 4.40. The maximum atomic E-state index is 13.5. The highest BCUT2D eigenvalue weighted by Crippen LogP contribution is 2.38. The molecule has 1 saturated carbocycles. The number of rotatable bonds is 7. The van der Waals surface area contributed by atoms with Crippen LogP contribution in [0.5, 0.6) is 5.75 Å². The summed E-state index contributed by atoms with van der Waals surface area (Å²) >= 11 is 1.28. The number of thioether (sulfide) groups is 1. The highest BCUT2D eigenvalue weighted by atomic mass is 32.2. The summed E-state index contributed by atoms with van der Waals surface area (Å²) in [7, 11) is 1.57. The first-order chi connectivity index (χ1) is 16.0. The molecule has 1 aliphatic rings. The van der Waals surface area contributed by atoms with Crippen molar-refractivity contribution in [1.82, 2.24) is 14.1 Å². The zero-order chi connectivity index (χ0) is 23.1. The standard InChI is InChI=1S/C26H25N3O3S/c1-16-14-20(17(2)28(16)18-12-13-18)23(30)15-33-26-27-21-9-5-4-8-19(21)25(31)29(26)22-10-6-7-11-24(22)32-3/h4-11,14,18H,12-13,15H2,1-3H3. The van der Waals surface area contributed by atoms with Crippen molar-refractivity contribution in [3.05, 3.63) is 81.9 Å². The van der Waals surface area contributed by atoms with Crippen molar-refractivity contribution in [2.45, 2.75) is 37.9 Å². The summed E-state index contributed by atoms with van der Waals surface area (Å²) in [5.74, 6) is 0.793. The number of aryl methyl sites for hydroxylation is 1. The van der Waals surface area contributed by atoms with Crippen LogP contribution in [-0.2, 0) is 0 Å². The number of ketones is 1. The number of methoxy groups -OCH3 is 1. The number of hydrogen-bond acceptors (Lipinski definition) is 5. The van der Waals surface area contributed by atoms with Gasteiger partial charge in [-0.1, -0.05) is 36.0 Å². The van der Waals surface area contributed by atoms with Crippen LogP contribution in [0.3, 0.4) is 0 Å². The fourth-order valence-corrected chi connectivity index (χ4v) is 5.29. The molecule has 1 aliphatic carbocycles. The summed E-state index contributed by atoms with van der Waals surface area (Å²) in [6, 6.07) is 17.1. The smallest absolute Gasteiger partial charge is 0.266 e. The van der Waals surface area contributed by atoms with E-state index in [0.29, 0.717) is 33.5 Å². The molecule has 7 heteroatoms. The van der Waals surface area contributed by atoms with Crippen LogP contribution in [0, 0.1) is 13.8 Å². The van der Waals surface area contributed by atoms with Gasteiger partial charge in [0.15, 0.2) is 10.9 Å². The lowest BCUT2D eigenvalue weighted by Gasteiger charge is -2.15. The lowest BCUT2D eigenvalue weighted by Crippen LogP contribution is -2.22. The molecule has 0 N–H and O–H groups in total. The SMILES string of the molecule is COc1ccccc1-n1c(SCC(=O)c2cc(C)n(C3CC3)c2C)nc2ccccc2c1=O. The first kappa shape index (κ1) is 21.5. The molecule has 0 radical (unpaired) electrons. The van der Waals surface area contributed by atoms with E-state index in [9.17, 15) is 9.59 Å². The third-order valence-corrected chi connectivity index (χ3v) is 7.04. The van der Waals surface area contributed by atoms with Crippen molar-refractivity contribution in [3.63, 3.8) is 0 Å². The Morgan fingerprint density at radius 1 is 1.12 bits per heavy atom. The van der Waals surface area contributed by atoms with Crippen molar-refractivity contribution in [2.24, 2.45) is 0 Å². The fraction of sp³-hybridized carbons (Fsp3) is 0.269. The zero-order valence-electron chi connectivity index (χ0n) is 18.9. The number of Topliss-reactive ketones (excluding diaryl/α,β-unsaturated/α-hetero) is 1. The number of benzene rings is 2. The van der Waals surface area contributed by atoms with Crippen LogP contribution in [-0.4, -0.2) is 32.8 Å². The van der Waals surface area contributed by atoms with E-state index >= 15 is 0 Å². The van der Waals surface area contributed by atoms with Crippen molar-refractivity contribution < 1.29 is 9.53 Å². The van der Waals surface area contributed by atoms with Crippen molar-refractivity contribution >= 4 is 28.4 Å². The molecule has 2 aromatic carbocycles. The van der Waals surface area contributed by atoms with Gasteiger partial charge in [0, 0.05) is 23.0 Å². The van der Waals surface area contributed by atoms with Crippen LogP contribution < -0.4 is 10.3 Å². The summed E-state index contributed by atoms with van der Waals surface area (Å²) in [5, 5.41) is 0.986. The molecule has 0 aliphatic heterocycles. The largest absolute Gasteiger partial charge is 0.495 e. The van der Waals surface area contributed by atoms with Crippen LogP contribution in [0.15, 0.2) is 64.5 Å². The van der Waals surface area contributed by atoms with Gasteiger partial charge in [-0.15, -0.1) is 0 Å². The second-order valence-corrected chi connectivity index (χ2v) is 9.26. The van der Waals surface area contributed by atoms with Crippen LogP contribution in [0.4, 0.5) is 0 Å². The third-order valence-electron chi connectivity index (χ3n) is 6.10. The summed E-state index contributed by atoms with van der Waals surface area (Å²) in [4.78, 5) is 31.4. The van der Waals surface area contributed by atoms with Crippen molar-refractivity contribution in [2.75, 3.05) is 12.9 Å². The van der Waals surface area contributed by atoms with Crippen LogP contribution in [0.1, 0.15) is 40.6 Å². The van der Waals surface area contributed by atoms with Gasteiger partial charge in [0.25, 0.3) is 5.56 Å². The summed E-state index contributed by atoms with van der Waals surface area (Å²) in [5.41, 5.74) is 3.92. The maximum absolute atomic E-state index is 13.5. The Balaban J connectivity index is 1.55. The van der Waals surface area contributed by atoms with Crippen molar-refractivity contribution in [1.29, 1.82) is 0 Å². The second-order valence-electron chi connectivity index (χ2n) is 8.32. The molecule has 0 atom stereocenters. The van der Waals surface area contributed by atoms with E-state index in [1.165, 1.54) is 24.6 Å². The van der Waals surface area contributed by atoms with Gasteiger partial charge in [-0.3, -0.25) is 14.2 Å². The Hall–Kier alpha value is -3.32. The minimum absolute atomic E-state index is 0.0361. The molecular weight excluding hydrogens is 434 g/mol. The van der Waals surface area contributed by atoms with Crippen LogP contribution in [0.25, 0.3) is 16.6 Å². The highest BCUT2D eigenvalue weighted by molar-refractivity contribution is 7.99. The van der Waals surface area contributed by atoms with Gasteiger partial charge < -0.3 is 9.30 Å². The first-order valence-electron chi connectivity index (χ1n) is 11.0. The van der Waals surface area contributed by atoms with Gasteiger partial charge in [0.05, 0.1) is 29.5 Å². The molecule has 0 unspecified atom stereocenters. The Morgan fingerprint density at radius 2 is 1.85 bits per heavy atom. The molecular formula is C26H25N3O3S. The summed E-state index contributed by atoms with van der Waals surface area (Å²) in [6.07, 6.45) is 2.34. The topological polar surface area (TPSA) is 66.1 Å². The molecule has 6 nitrogen and oxygen atoms in total. The number of ether oxygens (including phenoxy) is 1. The van der Waals surface area contributed by atoms with Gasteiger partial charge in [-0.25, -0.2) is 4.98 Å². The van der Waals surface area contributed by atoms with Crippen molar-refractivity contribution in [3.8, 4) is 11.4 Å². The molecule has 0 spiro atoms. The number of para-hydroxylation sites is 3. The molecule has 5 rings (SSSR count). The highest BCUT2D eigenvalue weighted by Gasteiger charge is 2.28. The predicted molar refractivity (Wildman–Crippen MR) is 131 cm³/mol. The lowest BCUT2D eigenvalue weighted by atomic mass is 10.2. The number of carbonyl (C=O) groups is 1. The predicted octanol–water partition coefficient (Wildman–Crippen LogP) is 5.12. The number of nitrogens with zero attached hydrogens (tertiary/aromatic N) is 3. The Labute approximate surface area is 196 Å². The minimum Gasteiger partial charge on any atom is -0.495 e. The van der Waals surface area contributed by atoms with Gasteiger partial charge in [0.1, 0.15) is 5.75 Å². The Kier molecular flexibility index (Phi) is 5.58. The van der Waals surface area contributed by atoms with Gasteiger partial charge >= 0.3 is 0 Å². The van der Waals surface area contributed by atoms with E-state index in [-0.39, 0.29) is 17.1 Å². The zero-order valence-corrected chi connectivity index (χ0v) is 19.7. The van der Waals surface area contributed by atoms with Gasteiger partial charge in [0.2, 0.25) is 0 Å². The van der Waals surface area contributed by atoms with E-state index in [2.05, 4.69) is 11.5 Å². The summed E-state index contributed by atoms with van der Waals surface area (Å²) in [6.45, 7) is 4.07. The average Bonchev–Trinajstić information content (AvgIpc) is 3.61. The van der Waals surface area contributed by atoms with E-state index in [1.54, 1.807) is 17.7 Å². The number of fused-ring (bicyclic) bond motifs is 1. The molecule has 4 aromatic rings. The van der Waals surface area contributed by atoms with E-state index in [0.717, 1.165) is 17.0 Å². The molecule has 33 heavy (non-hydrogen) atoms. The van der Waals surface area contributed by atoms with Gasteiger partial charge in [-0.2, -0.15) is 0 Å². The molecule has 0 saturated heterocycles. The normalized spacial score (nSPS) is 13.4. The molecule has 2 aromatic heterocycles. The van der Waals surface area contributed by atoms with E-state index in [4.69, 9.17) is 9.72 Å². The second kappa shape index (κ2) is 8.56. The molecule has 0 amide bonds. The average molecular weight is 460 g/mol. The third kappa shape index (κ3) is 3.86. The quantitative estimate of drug-likeness (QED) is 0.218. The Bertz CT molecular complexity index is 1430. The molecule has 1 fully saturated rings. The van der Waals surface area contributed by atoms with Gasteiger partial charge in [-0.05, 0) is 57.0 Å². The number of carbonyl (C=O) groups excluding carboxylic acids is 1. The lowest BCUT2D eigenvalue weighted by molar-refractivity contribution is 0.102.